The minimum Gasteiger partial charge on any atom is -0.204 e. The summed E-state index contributed by atoms with van der Waals surface area (Å²) in [4.78, 5) is 0. The minimum atomic E-state index is -0.387. The topological polar surface area (TPSA) is 0 Å². The van der Waals surface area contributed by atoms with E-state index in [1.54, 1.807) is 19.1 Å². The number of hydrogen-bond acceptors (Lipinski definition) is 0. The Hall–Kier alpha value is -0.0800. The molecule has 0 aliphatic heterocycles. The number of rotatable bonds is 0. The van der Waals surface area contributed by atoms with Crippen molar-refractivity contribution in [2.45, 2.75) is 20.8 Å². The van der Waals surface area contributed by atoms with Crippen molar-refractivity contribution in [2.75, 3.05) is 0 Å². The molecule has 0 unspecified atom stereocenters. The van der Waals surface area contributed by atoms with Crippen molar-refractivity contribution in [3.8, 4) is 0 Å². The average molecular weight is 254 g/mol. The predicted molar refractivity (Wildman–Crippen MR) is 55.2 cm³/mol. The Kier molecular flexibility index (Phi) is 5.51. The second-order valence-electron chi connectivity index (χ2n) is 1.99. The van der Waals surface area contributed by atoms with Gasteiger partial charge in [-0.3, -0.25) is 0 Å². The monoisotopic (exact) mass is 252 g/mol. The quantitative estimate of drug-likeness (QED) is 0.594. The van der Waals surface area contributed by atoms with Gasteiger partial charge in [0.05, 0.1) is 9.50 Å². The fourth-order valence-electron chi connectivity index (χ4n) is 0.622. The Morgan fingerprint density at radius 3 is 2.25 bits per heavy atom. The third kappa shape index (κ3) is 2.76. The lowest BCUT2D eigenvalue weighted by Gasteiger charge is -1.99. The summed E-state index contributed by atoms with van der Waals surface area (Å²) in [5, 5.41) is 0.189. The molecule has 0 saturated heterocycles. The second-order valence-corrected chi connectivity index (χ2v) is 3.22. The highest BCUT2D eigenvalue weighted by Gasteiger charge is 2.05. The first-order valence-electron chi connectivity index (χ1n) is 3.73. The normalized spacial score (nSPS) is 8.83. The Morgan fingerprint density at radius 2 is 1.83 bits per heavy atom. The molecule has 0 spiro atoms. The van der Waals surface area contributed by atoms with Crippen molar-refractivity contribution in [3.63, 3.8) is 0 Å². The zero-order valence-electron chi connectivity index (χ0n) is 7.29. The van der Waals surface area contributed by atoms with Crippen LogP contribution in [-0.4, -0.2) is 0 Å². The highest BCUT2D eigenvalue weighted by Crippen LogP contribution is 2.25. The molecule has 0 aliphatic carbocycles. The first-order chi connectivity index (χ1) is 5.63. The van der Waals surface area contributed by atoms with Crippen molar-refractivity contribution in [2.24, 2.45) is 0 Å². The molecular formula is C9H11BrClF. The average Bonchev–Trinajstić information content (AvgIpc) is 2.12. The van der Waals surface area contributed by atoms with Crippen LogP contribution in [-0.2, 0) is 0 Å². The van der Waals surface area contributed by atoms with Crippen molar-refractivity contribution < 1.29 is 4.39 Å². The summed E-state index contributed by atoms with van der Waals surface area (Å²) in [7, 11) is 0. The smallest absolute Gasteiger partial charge is 0.156 e. The molecule has 0 bridgehead atoms. The Morgan fingerprint density at radius 1 is 1.33 bits per heavy atom. The number of aryl methyl sites for hydroxylation is 1. The van der Waals surface area contributed by atoms with Gasteiger partial charge in [0.2, 0.25) is 0 Å². The zero-order chi connectivity index (χ0) is 9.72. The molecule has 0 aromatic heterocycles. The van der Waals surface area contributed by atoms with Crippen LogP contribution >= 0.6 is 27.5 Å². The molecule has 0 fully saturated rings. The van der Waals surface area contributed by atoms with Crippen LogP contribution in [0.2, 0.25) is 5.02 Å². The van der Waals surface area contributed by atoms with Gasteiger partial charge in [0, 0.05) is 0 Å². The lowest BCUT2D eigenvalue weighted by Crippen LogP contribution is -1.82. The van der Waals surface area contributed by atoms with Crippen LogP contribution in [0.4, 0.5) is 4.39 Å². The third-order valence-electron chi connectivity index (χ3n) is 1.23. The van der Waals surface area contributed by atoms with E-state index in [1.165, 1.54) is 0 Å². The largest absolute Gasteiger partial charge is 0.204 e. The maximum Gasteiger partial charge on any atom is 0.156 e. The van der Waals surface area contributed by atoms with Crippen molar-refractivity contribution in [3.05, 3.63) is 33.0 Å². The van der Waals surface area contributed by atoms with E-state index in [9.17, 15) is 4.39 Å². The summed E-state index contributed by atoms with van der Waals surface area (Å²) in [6.07, 6.45) is 0. The van der Waals surface area contributed by atoms with Gasteiger partial charge in [-0.2, -0.15) is 0 Å². The standard InChI is InChI=1S/C7H5BrClF.C2H6/c1-4-2-3-5(8)7(10)6(4)9;1-2/h2-3H,1H3;1-2H3. The summed E-state index contributed by atoms with van der Waals surface area (Å²) < 4.78 is 13.2. The molecule has 0 aliphatic rings. The first-order valence-corrected chi connectivity index (χ1v) is 4.90. The van der Waals surface area contributed by atoms with Crippen LogP contribution in [0.3, 0.4) is 0 Å². The summed E-state index contributed by atoms with van der Waals surface area (Å²) in [6, 6.07) is 3.39. The summed E-state index contributed by atoms with van der Waals surface area (Å²) in [5.41, 5.74) is 0.752. The van der Waals surface area contributed by atoms with Crippen LogP contribution in [0.25, 0.3) is 0 Å². The number of hydrogen-bond donors (Lipinski definition) is 0. The van der Waals surface area contributed by atoms with E-state index in [0.29, 0.717) is 4.47 Å². The van der Waals surface area contributed by atoms with Crippen molar-refractivity contribution >= 4 is 27.5 Å². The van der Waals surface area contributed by atoms with Crippen molar-refractivity contribution in [1.29, 1.82) is 0 Å². The van der Waals surface area contributed by atoms with Crippen molar-refractivity contribution in [1.82, 2.24) is 0 Å². The molecule has 68 valence electrons. The first kappa shape index (κ1) is 11.9. The van der Waals surface area contributed by atoms with Gasteiger partial charge < -0.3 is 0 Å². The van der Waals surface area contributed by atoms with Gasteiger partial charge in [-0.25, -0.2) is 4.39 Å². The lowest BCUT2D eigenvalue weighted by atomic mass is 10.2. The summed E-state index contributed by atoms with van der Waals surface area (Å²) in [5.74, 6) is -0.387. The molecule has 0 nitrogen and oxygen atoms in total. The highest BCUT2D eigenvalue weighted by atomic mass is 79.9. The van der Waals surface area contributed by atoms with Crippen LogP contribution in [0.1, 0.15) is 19.4 Å². The fraction of sp³-hybridized carbons (Fsp3) is 0.333. The van der Waals surface area contributed by atoms with E-state index in [1.807, 2.05) is 13.8 Å². The molecule has 0 radical (unpaired) electrons. The van der Waals surface area contributed by atoms with Crippen LogP contribution in [0.5, 0.6) is 0 Å². The highest BCUT2D eigenvalue weighted by molar-refractivity contribution is 9.10. The van der Waals surface area contributed by atoms with E-state index in [0.717, 1.165) is 5.56 Å². The molecule has 0 amide bonds. The SMILES string of the molecule is CC.Cc1ccc(Br)c(F)c1Cl. The molecule has 0 heterocycles. The predicted octanol–water partition coefficient (Wildman–Crippen LogP) is 4.58. The number of benzene rings is 1. The van der Waals surface area contributed by atoms with E-state index >= 15 is 0 Å². The molecule has 1 rings (SSSR count). The maximum atomic E-state index is 12.8. The number of halogens is 3. The zero-order valence-corrected chi connectivity index (χ0v) is 9.63. The fourth-order valence-corrected chi connectivity index (χ4v) is 1.23. The maximum absolute atomic E-state index is 12.8. The lowest BCUT2D eigenvalue weighted by molar-refractivity contribution is 0.620. The molecular weight excluding hydrogens is 242 g/mol. The van der Waals surface area contributed by atoms with Gasteiger partial charge in [0.15, 0.2) is 5.82 Å². The molecule has 0 N–H and O–H groups in total. The van der Waals surface area contributed by atoms with Gasteiger partial charge in [-0.05, 0) is 34.5 Å². The molecule has 12 heavy (non-hydrogen) atoms. The molecule has 1 aromatic rings. The summed E-state index contributed by atoms with van der Waals surface area (Å²) in [6.45, 7) is 5.76. The Bertz CT molecular complexity index is 234. The van der Waals surface area contributed by atoms with Crippen LogP contribution in [0.15, 0.2) is 16.6 Å². The molecule has 1 aromatic carbocycles. The molecule has 0 saturated carbocycles. The van der Waals surface area contributed by atoms with E-state index < -0.39 is 0 Å². The Balaban J connectivity index is 0.000000561. The van der Waals surface area contributed by atoms with E-state index in [4.69, 9.17) is 11.6 Å². The minimum absolute atomic E-state index is 0.189. The molecule has 0 atom stereocenters. The van der Waals surface area contributed by atoms with E-state index in [-0.39, 0.29) is 10.8 Å². The van der Waals surface area contributed by atoms with Gasteiger partial charge in [0.1, 0.15) is 0 Å². The van der Waals surface area contributed by atoms with Gasteiger partial charge in [-0.1, -0.05) is 31.5 Å². The van der Waals surface area contributed by atoms with Gasteiger partial charge >= 0.3 is 0 Å². The van der Waals surface area contributed by atoms with Crippen LogP contribution in [0, 0.1) is 12.7 Å². The summed E-state index contributed by atoms with van der Waals surface area (Å²) >= 11 is 8.60. The second kappa shape index (κ2) is 5.55. The third-order valence-corrected chi connectivity index (χ3v) is 2.30. The Labute approximate surface area is 85.9 Å². The van der Waals surface area contributed by atoms with Gasteiger partial charge in [0.25, 0.3) is 0 Å². The van der Waals surface area contributed by atoms with Crippen LogP contribution < -0.4 is 0 Å². The van der Waals surface area contributed by atoms with E-state index in [2.05, 4.69) is 15.9 Å². The van der Waals surface area contributed by atoms with Gasteiger partial charge in [-0.15, -0.1) is 0 Å². The molecule has 3 heteroatoms.